The van der Waals surface area contributed by atoms with Crippen molar-refractivity contribution in [3.05, 3.63) is 81.6 Å². The summed E-state index contributed by atoms with van der Waals surface area (Å²) in [4.78, 5) is 3.74. The number of H-pyrrole nitrogens is 1. The lowest BCUT2D eigenvalue weighted by atomic mass is 10.1. The number of sulfonamides is 1. The second-order valence-electron chi connectivity index (χ2n) is 6.22. The lowest BCUT2D eigenvalue weighted by molar-refractivity contribution is 0.578. The summed E-state index contributed by atoms with van der Waals surface area (Å²) in [6.07, 6.45) is 2.95. The number of aromatic nitrogens is 3. The largest absolute Gasteiger partial charge is 0.277 e. The predicted octanol–water partition coefficient (Wildman–Crippen LogP) is 4.74. The van der Waals surface area contributed by atoms with Crippen LogP contribution in [0.2, 0.25) is 10.0 Å². The summed E-state index contributed by atoms with van der Waals surface area (Å²) in [5.41, 5.74) is -0.168. The molecule has 0 aliphatic heterocycles. The molecule has 31 heavy (non-hydrogen) atoms. The molecule has 0 spiro atoms. The van der Waals surface area contributed by atoms with Crippen LogP contribution in [-0.2, 0) is 10.0 Å². The second-order valence-corrected chi connectivity index (χ2v) is 8.66. The molecule has 0 saturated carbocycles. The van der Waals surface area contributed by atoms with E-state index < -0.39 is 32.9 Å². The van der Waals surface area contributed by atoms with Crippen LogP contribution in [0.25, 0.3) is 11.0 Å². The van der Waals surface area contributed by atoms with E-state index in [1.807, 2.05) is 0 Å². The average molecular weight is 479 g/mol. The minimum atomic E-state index is -4.30. The van der Waals surface area contributed by atoms with Gasteiger partial charge >= 0.3 is 0 Å². The monoisotopic (exact) mass is 478 g/mol. The van der Waals surface area contributed by atoms with Crippen molar-refractivity contribution in [2.45, 2.75) is 4.90 Å². The third kappa shape index (κ3) is 4.18. The number of anilines is 1. The molecule has 2 aromatic carbocycles. The highest BCUT2D eigenvalue weighted by Gasteiger charge is 2.22. The van der Waals surface area contributed by atoms with E-state index in [2.05, 4.69) is 31.7 Å². The summed E-state index contributed by atoms with van der Waals surface area (Å²) in [5.74, 6) is 2.87. The summed E-state index contributed by atoms with van der Waals surface area (Å²) in [6, 6.07) is 7.49. The standard InChI is InChI=1S/C20H10Cl2F2N4O2S/c21-14-2-1-3-17(18(14)22)31(29,30)28-16-7-6-15(23)13(19(16)24)5-4-11-8-12-10-26-27-20(12)25-9-11/h1-3,6-10,28H,(H,25,26,27). The first-order chi connectivity index (χ1) is 14.8. The number of hydrogen-bond acceptors (Lipinski definition) is 4. The van der Waals surface area contributed by atoms with Crippen molar-refractivity contribution in [3.63, 3.8) is 0 Å². The molecule has 0 saturated heterocycles. The van der Waals surface area contributed by atoms with Gasteiger partial charge in [0.15, 0.2) is 11.5 Å². The lowest BCUT2D eigenvalue weighted by Gasteiger charge is -2.12. The molecule has 2 aromatic heterocycles. The van der Waals surface area contributed by atoms with Crippen molar-refractivity contribution < 1.29 is 17.2 Å². The first kappa shape index (κ1) is 21.1. The minimum absolute atomic E-state index is 0.0128. The van der Waals surface area contributed by atoms with Crippen LogP contribution in [0.15, 0.2) is 53.7 Å². The fourth-order valence-corrected chi connectivity index (χ4v) is 4.50. The van der Waals surface area contributed by atoms with Crippen LogP contribution in [0.1, 0.15) is 11.1 Å². The van der Waals surface area contributed by atoms with Gasteiger partial charge in [-0.1, -0.05) is 41.1 Å². The number of aromatic amines is 1. The summed E-state index contributed by atoms with van der Waals surface area (Å²) in [6.45, 7) is 0. The van der Waals surface area contributed by atoms with Crippen molar-refractivity contribution in [1.29, 1.82) is 0 Å². The van der Waals surface area contributed by atoms with Crippen LogP contribution in [-0.4, -0.2) is 23.6 Å². The molecule has 0 amide bonds. The maximum absolute atomic E-state index is 14.9. The van der Waals surface area contributed by atoms with Crippen molar-refractivity contribution in [3.8, 4) is 11.8 Å². The van der Waals surface area contributed by atoms with Crippen LogP contribution in [0, 0.1) is 23.5 Å². The molecule has 0 bridgehead atoms. The highest BCUT2D eigenvalue weighted by Crippen LogP contribution is 2.31. The van der Waals surface area contributed by atoms with Gasteiger partial charge in [-0.25, -0.2) is 22.2 Å². The highest BCUT2D eigenvalue weighted by atomic mass is 35.5. The zero-order chi connectivity index (χ0) is 22.2. The highest BCUT2D eigenvalue weighted by molar-refractivity contribution is 7.92. The molecule has 11 heteroatoms. The van der Waals surface area contributed by atoms with Crippen molar-refractivity contribution in [2.75, 3.05) is 4.72 Å². The molecule has 0 radical (unpaired) electrons. The summed E-state index contributed by atoms with van der Waals surface area (Å²) in [7, 11) is -4.30. The van der Waals surface area contributed by atoms with Gasteiger partial charge in [0.1, 0.15) is 10.7 Å². The van der Waals surface area contributed by atoms with Crippen LogP contribution in [0.4, 0.5) is 14.5 Å². The van der Waals surface area contributed by atoms with Crippen LogP contribution in [0.5, 0.6) is 0 Å². The Morgan fingerprint density at radius 3 is 2.68 bits per heavy atom. The molecule has 0 aliphatic rings. The fraction of sp³-hybridized carbons (Fsp3) is 0. The topological polar surface area (TPSA) is 87.7 Å². The molecular weight excluding hydrogens is 469 g/mol. The van der Waals surface area contributed by atoms with Crippen LogP contribution >= 0.6 is 23.2 Å². The second kappa shape index (κ2) is 8.15. The third-order valence-corrected chi connectivity index (χ3v) is 6.50. The number of rotatable bonds is 3. The van der Waals surface area contributed by atoms with Gasteiger partial charge in [0.05, 0.1) is 27.5 Å². The molecule has 4 rings (SSSR count). The fourth-order valence-electron chi connectivity index (χ4n) is 2.68. The molecule has 6 nitrogen and oxygen atoms in total. The molecule has 2 heterocycles. The number of nitrogens with zero attached hydrogens (tertiary/aromatic N) is 2. The molecule has 2 N–H and O–H groups in total. The van der Waals surface area contributed by atoms with Gasteiger partial charge in [0.25, 0.3) is 10.0 Å². The molecule has 0 aliphatic carbocycles. The smallest absolute Gasteiger partial charge is 0.263 e. The van der Waals surface area contributed by atoms with Gasteiger partial charge in [-0.3, -0.25) is 9.82 Å². The number of hydrogen-bond donors (Lipinski definition) is 2. The quantitative estimate of drug-likeness (QED) is 0.416. The Bertz CT molecular complexity index is 1490. The van der Waals surface area contributed by atoms with E-state index in [4.69, 9.17) is 23.2 Å². The minimum Gasteiger partial charge on any atom is -0.277 e. The van der Waals surface area contributed by atoms with Crippen LogP contribution < -0.4 is 4.72 Å². The Balaban J connectivity index is 1.70. The van der Waals surface area contributed by atoms with Gasteiger partial charge in [0, 0.05) is 17.1 Å². The first-order valence-corrected chi connectivity index (χ1v) is 10.8. The average Bonchev–Trinajstić information content (AvgIpc) is 3.20. The number of fused-ring (bicyclic) bond motifs is 1. The van der Waals surface area contributed by atoms with Gasteiger partial charge < -0.3 is 0 Å². The third-order valence-electron chi connectivity index (χ3n) is 4.16. The maximum Gasteiger partial charge on any atom is 0.263 e. The number of halogens is 4. The molecular formula is C20H10Cl2F2N4O2S. The zero-order valence-corrected chi connectivity index (χ0v) is 17.6. The molecule has 0 fully saturated rings. The number of benzene rings is 2. The SMILES string of the molecule is O=S(=O)(Nc1ccc(F)c(C#Cc2cnc3[nH]ncc3c2)c1F)c1cccc(Cl)c1Cl. The Hall–Kier alpha value is -3.19. The Labute approximate surface area is 185 Å². The summed E-state index contributed by atoms with van der Waals surface area (Å²) < 4.78 is 56.4. The predicted molar refractivity (Wildman–Crippen MR) is 113 cm³/mol. The van der Waals surface area contributed by atoms with Crippen molar-refractivity contribution in [1.82, 2.24) is 15.2 Å². The summed E-state index contributed by atoms with van der Waals surface area (Å²) in [5, 5.41) is 6.97. The Kier molecular flexibility index (Phi) is 5.54. The zero-order valence-electron chi connectivity index (χ0n) is 15.2. The number of pyridine rings is 1. The van der Waals surface area contributed by atoms with E-state index in [0.29, 0.717) is 16.6 Å². The first-order valence-electron chi connectivity index (χ1n) is 8.52. The van der Waals surface area contributed by atoms with Crippen LogP contribution in [0.3, 0.4) is 0 Å². The van der Waals surface area contributed by atoms with E-state index in [9.17, 15) is 17.2 Å². The van der Waals surface area contributed by atoms with Crippen molar-refractivity contribution in [2.24, 2.45) is 0 Å². The normalized spacial score (nSPS) is 11.2. The van der Waals surface area contributed by atoms with E-state index in [1.54, 1.807) is 6.07 Å². The maximum atomic E-state index is 14.9. The van der Waals surface area contributed by atoms with E-state index in [1.165, 1.54) is 30.6 Å². The molecule has 156 valence electrons. The Morgan fingerprint density at radius 1 is 1.06 bits per heavy atom. The van der Waals surface area contributed by atoms with Gasteiger partial charge in [-0.2, -0.15) is 5.10 Å². The van der Waals surface area contributed by atoms with Gasteiger partial charge in [-0.05, 0) is 30.3 Å². The van der Waals surface area contributed by atoms with E-state index >= 15 is 0 Å². The molecule has 4 aromatic rings. The van der Waals surface area contributed by atoms with Gasteiger partial charge in [0.2, 0.25) is 0 Å². The van der Waals surface area contributed by atoms with Crippen molar-refractivity contribution >= 4 is 49.9 Å². The van der Waals surface area contributed by atoms with E-state index in [0.717, 1.165) is 12.1 Å². The Morgan fingerprint density at radius 2 is 1.87 bits per heavy atom. The molecule has 0 atom stereocenters. The summed E-state index contributed by atoms with van der Waals surface area (Å²) >= 11 is 11.8. The lowest BCUT2D eigenvalue weighted by Crippen LogP contribution is -2.15. The van der Waals surface area contributed by atoms with Gasteiger partial charge in [-0.15, -0.1) is 0 Å². The number of nitrogens with one attached hydrogen (secondary N) is 2. The van der Waals surface area contributed by atoms with E-state index in [-0.39, 0.29) is 14.9 Å². The molecule has 0 unspecified atom stereocenters.